The molecule has 0 spiro atoms. The van der Waals surface area contributed by atoms with E-state index in [1.54, 1.807) is 12.1 Å². The van der Waals surface area contributed by atoms with Crippen molar-refractivity contribution in [3.8, 4) is 11.5 Å². The Bertz CT molecular complexity index is 844. The Balaban J connectivity index is 1.96. The number of hydrogen-bond donors (Lipinski definition) is 3. The predicted molar refractivity (Wildman–Crippen MR) is 92.7 cm³/mol. The first-order valence-corrected chi connectivity index (χ1v) is 8.15. The number of phenols is 2. The minimum Gasteiger partial charge on any atom is -0.507 e. The number of fused-ring (bicyclic) bond motifs is 2. The number of ketones is 2. The number of hydrogen-bond acceptors (Lipinski definition) is 6. The summed E-state index contributed by atoms with van der Waals surface area (Å²) < 4.78 is 5.24. The van der Waals surface area contributed by atoms with Crippen molar-refractivity contribution in [2.75, 3.05) is 25.1 Å². The third kappa shape index (κ3) is 2.96. The highest BCUT2D eigenvalue weighted by molar-refractivity contribution is 6.30. The number of aromatic hydroxyl groups is 2. The van der Waals surface area contributed by atoms with Crippen LogP contribution in [0.15, 0.2) is 30.3 Å². The van der Waals surface area contributed by atoms with Crippen LogP contribution >= 0.6 is 0 Å². The van der Waals surface area contributed by atoms with Crippen LogP contribution in [0, 0.1) is 0 Å². The van der Waals surface area contributed by atoms with Crippen molar-refractivity contribution in [3.05, 3.63) is 52.6 Å². The molecule has 0 atom stereocenters. The van der Waals surface area contributed by atoms with Gasteiger partial charge in [-0.3, -0.25) is 9.59 Å². The van der Waals surface area contributed by atoms with Gasteiger partial charge in [0.2, 0.25) is 0 Å². The molecule has 0 heterocycles. The minimum atomic E-state index is -0.476. The van der Waals surface area contributed by atoms with Crippen LogP contribution in [0.3, 0.4) is 0 Å². The molecule has 0 unspecified atom stereocenters. The lowest BCUT2D eigenvalue weighted by Crippen LogP contribution is -2.21. The summed E-state index contributed by atoms with van der Waals surface area (Å²) >= 11 is 0. The third-order valence-electron chi connectivity index (χ3n) is 4.13. The summed E-state index contributed by atoms with van der Waals surface area (Å²) in [6.45, 7) is 3.58. The summed E-state index contributed by atoms with van der Waals surface area (Å²) in [5, 5.41) is 23.7. The molecule has 1 aliphatic rings. The maximum absolute atomic E-state index is 12.7. The van der Waals surface area contributed by atoms with E-state index < -0.39 is 11.6 Å². The van der Waals surface area contributed by atoms with E-state index in [4.69, 9.17) is 4.74 Å². The Morgan fingerprint density at radius 3 is 2.32 bits per heavy atom. The molecule has 0 aromatic heterocycles. The second-order valence-electron chi connectivity index (χ2n) is 5.72. The molecule has 2 aromatic carbocycles. The van der Waals surface area contributed by atoms with Crippen LogP contribution in [-0.2, 0) is 4.74 Å². The van der Waals surface area contributed by atoms with Crippen LogP contribution in [0.25, 0.3) is 0 Å². The van der Waals surface area contributed by atoms with Crippen LogP contribution in [0.5, 0.6) is 11.5 Å². The molecular formula is C19H19NO5. The summed E-state index contributed by atoms with van der Waals surface area (Å²) in [5.74, 6) is -1.60. The van der Waals surface area contributed by atoms with Gasteiger partial charge in [-0.1, -0.05) is 24.3 Å². The maximum Gasteiger partial charge on any atom is 0.198 e. The first-order valence-electron chi connectivity index (χ1n) is 8.15. The average Bonchev–Trinajstić information content (AvgIpc) is 2.62. The van der Waals surface area contributed by atoms with Crippen molar-refractivity contribution in [1.29, 1.82) is 0 Å². The minimum absolute atomic E-state index is 0.152. The predicted octanol–water partition coefficient (Wildman–Crippen LogP) is 2.71. The molecule has 1 aliphatic carbocycles. The molecule has 3 rings (SSSR count). The number of benzene rings is 2. The number of phenolic OH excluding ortho intramolecular Hbond substituents is 2. The Hall–Kier alpha value is -2.86. The number of carbonyl (C=O) groups excluding carboxylic acids is 2. The highest BCUT2D eigenvalue weighted by Crippen LogP contribution is 2.42. The molecule has 0 saturated carbocycles. The molecule has 25 heavy (non-hydrogen) atoms. The van der Waals surface area contributed by atoms with E-state index in [1.165, 1.54) is 18.2 Å². The number of carbonyl (C=O) groups is 2. The summed E-state index contributed by atoms with van der Waals surface area (Å²) in [6.07, 6.45) is 0.695. The molecule has 6 nitrogen and oxygen atoms in total. The fourth-order valence-corrected chi connectivity index (χ4v) is 2.93. The van der Waals surface area contributed by atoms with Crippen LogP contribution in [0.1, 0.15) is 45.2 Å². The van der Waals surface area contributed by atoms with E-state index in [2.05, 4.69) is 5.32 Å². The van der Waals surface area contributed by atoms with Gasteiger partial charge in [-0.2, -0.15) is 0 Å². The topological polar surface area (TPSA) is 95.9 Å². The lowest BCUT2D eigenvalue weighted by atomic mass is 9.82. The maximum atomic E-state index is 12.7. The number of rotatable bonds is 6. The van der Waals surface area contributed by atoms with Gasteiger partial charge in [0.15, 0.2) is 17.3 Å². The van der Waals surface area contributed by atoms with Crippen molar-refractivity contribution in [2.24, 2.45) is 0 Å². The second kappa shape index (κ2) is 6.94. The first kappa shape index (κ1) is 17.0. The van der Waals surface area contributed by atoms with Gasteiger partial charge in [0, 0.05) is 37.0 Å². The van der Waals surface area contributed by atoms with E-state index in [0.717, 1.165) is 0 Å². The molecular weight excluding hydrogens is 322 g/mol. The SMILES string of the molecule is CCOCCCNc1cc(O)c2c(c1O)C(=O)c1ccccc1C2=O. The van der Waals surface area contributed by atoms with Crippen molar-refractivity contribution >= 4 is 17.3 Å². The molecule has 0 aliphatic heterocycles. The summed E-state index contributed by atoms with van der Waals surface area (Å²) in [7, 11) is 0. The van der Waals surface area contributed by atoms with Crippen LogP contribution in [0.4, 0.5) is 5.69 Å². The Morgan fingerprint density at radius 1 is 1.04 bits per heavy atom. The summed E-state index contributed by atoms with van der Waals surface area (Å²) in [5.41, 5.74) is 0.362. The van der Waals surface area contributed by atoms with Crippen molar-refractivity contribution in [2.45, 2.75) is 13.3 Å². The standard InChI is InChI=1S/C19H19NO5/c1-2-25-9-5-8-20-13-10-14(21)15-16(19(13)24)18(23)12-7-4-3-6-11(12)17(15)22/h3-4,6-7,10,20-21,24H,2,5,8-9H2,1H3. The fraction of sp³-hybridized carbons (Fsp3) is 0.263. The number of nitrogens with one attached hydrogen (secondary N) is 1. The first-order chi connectivity index (χ1) is 12.1. The molecule has 0 amide bonds. The lowest BCUT2D eigenvalue weighted by molar-refractivity contribution is 0.0974. The number of anilines is 1. The molecule has 0 radical (unpaired) electrons. The van der Waals surface area contributed by atoms with Crippen LogP contribution in [0.2, 0.25) is 0 Å². The zero-order valence-corrected chi connectivity index (χ0v) is 13.8. The van der Waals surface area contributed by atoms with Crippen LogP contribution < -0.4 is 5.32 Å². The van der Waals surface area contributed by atoms with E-state index in [0.29, 0.717) is 26.2 Å². The zero-order chi connectivity index (χ0) is 18.0. The van der Waals surface area contributed by atoms with Crippen molar-refractivity contribution in [1.82, 2.24) is 0 Å². The van der Waals surface area contributed by atoms with Crippen LogP contribution in [-0.4, -0.2) is 41.5 Å². The highest BCUT2D eigenvalue weighted by atomic mass is 16.5. The molecule has 0 bridgehead atoms. The van der Waals surface area contributed by atoms with Gasteiger partial charge in [0.05, 0.1) is 16.8 Å². The summed E-state index contributed by atoms with van der Waals surface area (Å²) in [4.78, 5) is 25.3. The molecule has 3 N–H and O–H groups in total. The molecule has 0 saturated heterocycles. The lowest BCUT2D eigenvalue weighted by Gasteiger charge is -2.21. The smallest absolute Gasteiger partial charge is 0.198 e. The second-order valence-corrected chi connectivity index (χ2v) is 5.72. The van der Waals surface area contributed by atoms with E-state index in [9.17, 15) is 19.8 Å². The number of ether oxygens (including phenoxy) is 1. The molecule has 2 aromatic rings. The zero-order valence-electron chi connectivity index (χ0n) is 13.8. The van der Waals surface area contributed by atoms with Gasteiger partial charge < -0.3 is 20.3 Å². The largest absolute Gasteiger partial charge is 0.507 e. The monoisotopic (exact) mass is 341 g/mol. The Kier molecular flexibility index (Phi) is 4.72. The van der Waals surface area contributed by atoms with Crippen molar-refractivity contribution in [3.63, 3.8) is 0 Å². The highest BCUT2D eigenvalue weighted by Gasteiger charge is 2.35. The van der Waals surface area contributed by atoms with Gasteiger partial charge in [-0.05, 0) is 13.3 Å². The Labute approximate surface area is 145 Å². The van der Waals surface area contributed by atoms with Gasteiger partial charge in [0.25, 0.3) is 0 Å². The van der Waals surface area contributed by atoms with Gasteiger partial charge in [-0.25, -0.2) is 0 Å². The van der Waals surface area contributed by atoms with E-state index >= 15 is 0 Å². The fourth-order valence-electron chi connectivity index (χ4n) is 2.93. The van der Waals surface area contributed by atoms with Crippen molar-refractivity contribution < 1.29 is 24.5 Å². The average molecular weight is 341 g/mol. The molecule has 0 fully saturated rings. The normalized spacial score (nSPS) is 12.7. The van der Waals surface area contributed by atoms with Gasteiger partial charge >= 0.3 is 0 Å². The molecule has 130 valence electrons. The Morgan fingerprint density at radius 2 is 1.68 bits per heavy atom. The quantitative estimate of drug-likeness (QED) is 0.362. The van der Waals surface area contributed by atoms with E-state index in [-0.39, 0.29) is 39.4 Å². The summed E-state index contributed by atoms with van der Waals surface area (Å²) in [6, 6.07) is 7.65. The third-order valence-corrected chi connectivity index (χ3v) is 4.13. The van der Waals surface area contributed by atoms with Gasteiger partial charge in [0.1, 0.15) is 5.75 Å². The van der Waals surface area contributed by atoms with E-state index in [1.807, 2.05) is 6.92 Å². The molecule has 6 heteroatoms. The van der Waals surface area contributed by atoms with Gasteiger partial charge in [-0.15, -0.1) is 0 Å².